The third-order valence-corrected chi connectivity index (χ3v) is 6.00. The van der Waals surface area contributed by atoms with Crippen molar-refractivity contribution in [1.29, 1.82) is 0 Å². The topological polar surface area (TPSA) is 18.5 Å². The van der Waals surface area contributed by atoms with Gasteiger partial charge in [-0.05, 0) is 31.6 Å². The average molecular weight is 329 g/mol. The van der Waals surface area contributed by atoms with E-state index in [1.165, 1.54) is 64.2 Å². The number of ether oxygens (including phenoxy) is 2. The minimum Gasteiger partial charge on any atom is -0.381 e. The molecule has 0 aliphatic rings. The molecule has 0 aromatic carbocycles. The molecular formula is C21H44O2. The van der Waals surface area contributed by atoms with Crippen molar-refractivity contribution in [2.75, 3.05) is 20.3 Å². The van der Waals surface area contributed by atoms with Crippen LogP contribution in [0, 0.1) is 11.3 Å². The smallest absolute Gasteiger partial charge is 0.0621 e. The number of hydrogen-bond donors (Lipinski definition) is 0. The highest BCUT2D eigenvalue weighted by molar-refractivity contribution is 4.79. The molecule has 0 saturated heterocycles. The molecular weight excluding hydrogens is 284 g/mol. The summed E-state index contributed by atoms with van der Waals surface area (Å²) in [5.41, 5.74) is 0.519. The van der Waals surface area contributed by atoms with Crippen LogP contribution in [0.5, 0.6) is 0 Å². The highest BCUT2D eigenvalue weighted by atomic mass is 16.5. The fourth-order valence-corrected chi connectivity index (χ4v) is 3.74. The normalized spacial score (nSPS) is 14.9. The molecule has 0 radical (unpaired) electrons. The van der Waals surface area contributed by atoms with Crippen LogP contribution in [0.1, 0.15) is 98.8 Å². The van der Waals surface area contributed by atoms with Gasteiger partial charge >= 0.3 is 0 Å². The lowest BCUT2D eigenvalue weighted by molar-refractivity contribution is -0.0105. The van der Waals surface area contributed by atoms with Crippen molar-refractivity contribution in [3.63, 3.8) is 0 Å². The molecule has 0 spiro atoms. The first-order chi connectivity index (χ1) is 11.1. The molecule has 2 nitrogen and oxygen atoms in total. The van der Waals surface area contributed by atoms with E-state index in [1.807, 2.05) is 7.11 Å². The van der Waals surface area contributed by atoms with E-state index in [2.05, 4.69) is 34.6 Å². The average Bonchev–Trinajstić information content (AvgIpc) is 2.60. The Labute approximate surface area is 146 Å². The van der Waals surface area contributed by atoms with Crippen LogP contribution >= 0.6 is 0 Å². The van der Waals surface area contributed by atoms with E-state index in [-0.39, 0.29) is 0 Å². The van der Waals surface area contributed by atoms with Crippen molar-refractivity contribution in [3.05, 3.63) is 0 Å². The summed E-state index contributed by atoms with van der Waals surface area (Å²) in [4.78, 5) is 0. The fraction of sp³-hybridized carbons (Fsp3) is 1.00. The molecule has 2 atom stereocenters. The number of hydrogen-bond acceptors (Lipinski definition) is 2. The van der Waals surface area contributed by atoms with Gasteiger partial charge in [-0.25, -0.2) is 0 Å². The second-order valence-electron chi connectivity index (χ2n) is 7.14. The first kappa shape index (κ1) is 22.9. The zero-order chi connectivity index (χ0) is 17.6. The van der Waals surface area contributed by atoms with Crippen LogP contribution in [0.3, 0.4) is 0 Å². The van der Waals surface area contributed by atoms with Crippen LogP contribution in [0.25, 0.3) is 0 Å². The number of unbranched alkanes of at least 4 members (excludes halogenated alkanes) is 3. The molecule has 23 heavy (non-hydrogen) atoms. The van der Waals surface area contributed by atoms with Crippen LogP contribution in [0.4, 0.5) is 0 Å². The maximum atomic E-state index is 5.88. The summed E-state index contributed by atoms with van der Waals surface area (Å²) in [6, 6.07) is 0. The van der Waals surface area contributed by atoms with Gasteiger partial charge in [-0.1, -0.05) is 72.6 Å². The van der Waals surface area contributed by atoms with Crippen LogP contribution in [-0.4, -0.2) is 26.4 Å². The second kappa shape index (κ2) is 14.3. The maximum Gasteiger partial charge on any atom is 0.0621 e. The lowest BCUT2D eigenvalue weighted by Crippen LogP contribution is -2.29. The van der Waals surface area contributed by atoms with E-state index >= 15 is 0 Å². The van der Waals surface area contributed by atoms with Crippen LogP contribution in [-0.2, 0) is 9.47 Å². The molecule has 2 unspecified atom stereocenters. The molecule has 0 heterocycles. The first-order valence-electron chi connectivity index (χ1n) is 10.2. The molecule has 0 N–H and O–H groups in total. The monoisotopic (exact) mass is 328 g/mol. The number of rotatable bonds is 16. The Balaban J connectivity index is 4.61. The summed E-state index contributed by atoms with van der Waals surface area (Å²) in [6.07, 6.45) is 13.2. The predicted molar refractivity (Wildman–Crippen MR) is 102 cm³/mol. The minimum atomic E-state index is 0.363. The van der Waals surface area contributed by atoms with E-state index in [0.29, 0.717) is 17.4 Å². The molecule has 140 valence electrons. The van der Waals surface area contributed by atoms with Crippen molar-refractivity contribution in [1.82, 2.24) is 0 Å². The third kappa shape index (κ3) is 9.10. The summed E-state index contributed by atoms with van der Waals surface area (Å²) in [7, 11) is 1.89. The predicted octanol–water partition coefficient (Wildman–Crippen LogP) is 6.62. The molecule has 0 bridgehead atoms. The van der Waals surface area contributed by atoms with Crippen molar-refractivity contribution >= 4 is 0 Å². The summed E-state index contributed by atoms with van der Waals surface area (Å²) in [5, 5.41) is 0. The molecule has 0 aliphatic carbocycles. The van der Waals surface area contributed by atoms with Gasteiger partial charge in [0.25, 0.3) is 0 Å². The standard InChI is InChI=1S/C21H44O2/c1-7-12-13-14-15-20(22-6)19(18-23-11-5)16-17-21(8-2,9-3)10-4/h19-20H,7-18H2,1-6H3. The van der Waals surface area contributed by atoms with E-state index in [4.69, 9.17) is 9.47 Å². The quantitative estimate of drug-likeness (QED) is 0.296. The Hall–Kier alpha value is -0.0800. The van der Waals surface area contributed by atoms with Gasteiger partial charge in [0.15, 0.2) is 0 Å². The van der Waals surface area contributed by atoms with E-state index in [1.54, 1.807) is 0 Å². The first-order valence-corrected chi connectivity index (χ1v) is 10.2. The van der Waals surface area contributed by atoms with Crippen molar-refractivity contribution in [3.8, 4) is 0 Å². The van der Waals surface area contributed by atoms with Gasteiger partial charge in [0.1, 0.15) is 0 Å². The van der Waals surface area contributed by atoms with Crippen LogP contribution < -0.4 is 0 Å². The van der Waals surface area contributed by atoms with E-state index in [0.717, 1.165) is 13.2 Å². The van der Waals surface area contributed by atoms with Gasteiger partial charge in [-0.2, -0.15) is 0 Å². The Morgan fingerprint density at radius 2 is 1.48 bits per heavy atom. The molecule has 2 heteroatoms. The number of methoxy groups -OCH3 is 1. The Kier molecular flexibility index (Phi) is 14.2. The van der Waals surface area contributed by atoms with E-state index in [9.17, 15) is 0 Å². The molecule has 0 rings (SSSR count). The molecule has 0 aromatic rings. The van der Waals surface area contributed by atoms with Gasteiger partial charge in [-0.15, -0.1) is 0 Å². The lowest BCUT2D eigenvalue weighted by atomic mass is 9.74. The zero-order valence-electron chi connectivity index (χ0n) is 17.0. The van der Waals surface area contributed by atoms with Gasteiger partial charge in [-0.3, -0.25) is 0 Å². The largest absolute Gasteiger partial charge is 0.381 e. The molecule has 0 aromatic heterocycles. The summed E-state index contributed by atoms with van der Waals surface area (Å²) < 4.78 is 11.7. The van der Waals surface area contributed by atoms with E-state index < -0.39 is 0 Å². The van der Waals surface area contributed by atoms with Crippen molar-refractivity contribution in [2.45, 2.75) is 105 Å². The Bertz CT molecular complexity index is 240. The molecule has 0 aliphatic heterocycles. The lowest BCUT2D eigenvalue weighted by Gasteiger charge is -2.34. The van der Waals surface area contributed by atoms with Gasteiger partial charge < -0.3 is 9.47 Å². The highest BCUT2D eigenvalue weighted by Crippen LogP contribution is 2.37. The van der Waals surface area contributed by atoms with Gasteiger partial charge in [0, 0.05) is 19.6 Å². The van der Waals surface area contributed by atoms with Gasteiger partial charge in [0.2, 0.25) is 0 Å². The summed E-state index contributed by atoms with van der Waals surface area (Å²) >= 11 is 0. The molecule has 0 fully saturated rings. The van der Waals surface area contributed by atoms with Crippen molar-refractivity contribution in [2.24, 2.45) is 11.3 Å². The maximum absolute atomic E-state index is 5.88. The fourth-order valence-electron chi connectivity index (χ4n) is 3.74. The second-order valence-corrected chi connectivity index (χ2v) is 7.14. The highest BCUT2D eigenvalue weighted by Gasteiger charge is 2.28. The Morgan fingerprint density at radius 3 is 1.96 bits per heavy atom. The van der Waals surface area contributed by atoms with Crippen LogP contribution in [0.2, 0.25) is 0 Å². The van der Waals surface area contributed by atoms with Gasteiger partial charge in [0.05, 0.1) is 12.7 Å². The third-order valence-electron chi connectivity index (χ3n) is 6.00. The minimum absolute atomic E-state index is 0.363. The SMILES string of the molecule is CCCCCCC(OC)C(CCC(CC)(CC)CC)COCC. The molecule has 0 saturated carbocycles. The summed E-state index contributed by atoms with van der Waals surface area (Å²) in [5.74, 6) is 0.547. The summed E-state index contributed by atoms with van der Waals surface area (Å²) in [6.45, 7) is 13.1. The zero-order valence-corrected chi connectivity index (χ0v) is 17.0. The Morgan fingerprint density at radius 1 is 0.826 bits per heavy atom. The molecule has 0 amide bonds. The van der Waals surface area contributed by atoms with Crippen molar-refractivity contribution < 1.29 is 9.47 Å². The van der Waals surface area contributed by atoms with Crippen LogP contribution in [0.15, 0.2) is 0 Å².